The van der Waals surface area contributed by atoms with Crippen molar-refractivity contribution in [1.29, 1.82) is 0 Å². The highest BCUT2D eigenvalue weighted by Gasteiger charge is 2.32. The van der Waals surface area contributed by atoms with Crippen molar-refractivity contribution in [3.8, 4) is 5.69 Å². The highest BCUT2D eigenvalue weighted by molar-refractivity contribution is 7.99. The Hall–Kier alpha value is -6.32. The van der Waals surface area contributed by atoms with E-state index >= 15 is 0 Å². The van der Waals surface area contributed by atoms with Crippen molar-refractivity contribution in [2.75, 3.05) is 17.3 Å². The molecule has 101 heavy (non-hydrogen) atoms. The van der Waals surface area contributed by atoms with E-state index < -0.39 is 30.1 Å². The van der Waals surface area contributed by atoms with E-state index in [2.05, 4.69) is 40.6 Å². The second-order valence-electron chi connectivity index (χ2n) is 25.7. The molecule has 1 fully saturated rings. The van der Waals surface area contributed by atoms with E-state index in [-0.39, 0.29) is 47.5 Å². The molecule has 1 saturated carbocycles. The minimum absolute atomic E-state index is 0.0609. The summed E-state index contributed by atoms with van der Waals surface area (Å²) in [5, 5.41) is 25.1. The molecule has 0 saturated heterocycles. The number of nitrogens with zero attached hydrogens (tertiary/aromatic N) is 4. The van der Waals surface area contributed by atoms with Gasteiger partial charge in [-0.3, -0.25) is 10.2 Å². The van der Waals surface area contributed by atoms with Crippen LogP contribution in [0.25, 0.3) is 23.9 Å². The first kappa shape index (κ1) is 75.8. The molecule has 3 aromatic heterocycles. The lowest BCUT2D eigenvalue weighted by Crippen LogP contribution is -2.37. The van der Waals surface area contributed by atoms with Crippen LogP contribution in [0.2, 0.25) is 15.1 Å². The predicted octanol–water partition coefficient (Wildman–Crippen LogP) is 17.8. The van der Waals surface area contributed by atoms with Gasteiger partial charge in [0.2, 0.25) is 30.1 Å². The number of halogens is 5. The molecule has 3 aliphatic heterocycles. The second kappa shape index (κ2) is 35.0. The normalized spacial score (nSPS) is 18.2. The van der Waals surface area contributed by atoms with Crippen LogP contribution in [-0.4, -0.2) is 78.7 Å². The van der Waals surface area contributed by atoms with Gasteiger partial charge in [-0.15, -0.1) is 0 Å². The van der Waals surface area contributed by atoms with Crippen LogP contribution in [0.4, 0.5) is 8.78 Å². The van der Waals surface area contributed by atoms with Gasteiger partial charge in [-0.25, -0.2) is 52.9 Å². The van der Waals surface area contributed by atoms with Gasteiger partial charge in [0.05, 0.1) is 33.5 Å². The van der Waals surface area contributed by atoms with Crippen LogP contribution in [0.15, 0.2) is 168 Å². The molecule has 6 heterocycles. The quantitative estimate of drug-likeness (QED) is 0.0429. The summed E-state index contributed by atoms with van der Waals surface area (Å²) in [6.45, 7) is 5.59. The summed E-state index contributed by atoms with van der Waals surface area (Å²) in [6, 6.07) is 44.6. The zero-order valence-electron chi connectivity index (χ0n) is 55.9. The molecule has 0 radical (unpaired) electrons. The lowest BCUT2D eigenvalue weighted by Gasteiger charge is -2.27. The molecule has 532 valence electrons. The molecule has 4 aliphatic rings. The average Bonchev–Trinajstić information content (AvgIpc) is 1.62. The predicted molar refractivity (Wildman–Crippen MR) is 412 cm³/mol. The van der Waals surface area contributed by atoms with Crippen LogP contribution in [0.1, 0.15) is 161 Å². The van der Waals surface area contributed by atoms with E-state index in [0.29, 0.717) is 55.9 Å². The summed E-state index contributed by atoms with van der Waals surface area (Å²) < 4.78 is 113. The first-order valence-electron chi connectivity index (χ1n) is 33.4. The van der Waals surface area contributed by atoms with E-state index in [9.17, 15) is 34.0 Å². The monoisotopic (exact) mass is 1540 g/mol. The standard InChI is InChI=1S/C29H26Cl3N3O2S2.C23H30FN3O2S2.C23H24FN3O2S2/c1-19(21-7-3-2-4-8-21)34-39(36,37)13-12-27-25-18-38-17-22(14-20-6-5-9-23(30)15-20)29(25)35(33-27)28-11-10-24(31)16-26(28)32;2*1-16(18-7-3-2-4-8-18)27-31(28,29)11-10-22-21-15-30-14-19(23(21)26-25-22)12-17-6-5-9-20(24)13-17/h2-13,15-16,19,22,34H,14,17-18H2,1H3;5-6,9-11,13,16,18-19,27H,2-4,7-8,12,14-15H2,1H3,(H,25,26);2-11,13,16,19,27H,12,14-15H2,1H3,(H,25,26)/b13-12+;2*11-10+/t19-,22?;2*16-,19?/m010/s1. The number of nitrogens with one attached hydrogen (secondary N) is 5. The Morgan fingerprint density at radius 3 is 1.46 bits per heavy atom. The van der Waals surface area contributed by atoms with E-state index in [1.54, 1.807) is 89.9 Å². The highest BCUT2D eigenvalue weighted by Crippen LogP contribution is 2.42. The molecule has 15 nitrogen and oxygen atoms in total. The molecular formula is C75H80Cl3F2N9O6S6. The third-order valence-electron chi connectivity index (χ3n) is 18.3. The van der Waals surface area contributed by atoms with E-state index in [0.717, 1.165) is 116 Å². The molecule has 0 spiro atoms. The molecular weight excluding hydrogens is 1460 g/mol. The fraction of sp³-hybridized carbons (Fsp3) is 0.320. The van der Waals surface area contributed by atoms with Gasteiger partial charge in [0, 0.05) is 125 Å². The van der Waals surface area contributed by atoms with E-state index in [1.807, 2.05) is 123 Å². The molecule has 5 N–H and O–H groups in total. The van der Waals surface area contributed by atoms with Crippen molar-refractivity contribution in [2.24, 2.45) is 5.92 Å². The number of thioether (sulfide) groups is 3. The van der Waals surface area contributed by atoms with Crippen molar-refractivity contribution in [2.45, 2.75) is 125 Å². The number of sulfonamides is 3. The number of benzene rings is 6. The fourth-order valence-corrected chi connectivity index (χ4v) is 20.6. The summed E-state index contributed by atoms with van der Waals surface area (Å²) >= 11 is 24.4. The number of hydrogen-bond donors (Lipinski definition) is 5. The van der Waals surface area contributed by atoms with Crippen LogP contribution in [0.3, 0.4) is 0 Å². The van der Waals surface area contributed by atoms with Gasteiger partial charge in [0.25, 0.3) is 0 Å². The zero-order valence-corrected chi connectivity index (χ0v) is 63.1. The van der Waals surface area contributed by atoms with Gasteiger partial charge in [-0.1, -0.05) is 151 Å². The Balaban J connectivity index is 0.000000154. The molecule has 6 atom stereocenters. The number of rotatable bonds is 22. The number of fused-ring (bicyclic) bond motifs is 3. The molecule has 13 rings (SSSR count). The maximum Gasteiger partial charge on any atom is 0.234 e. The molecule has 3 unspecified atom stereocenters. The van der Waals surface area contributed by atoms with E-state index in [4.69, 9.17) is 39.9 Å². The fourth-order valence-electron chi connectivity index (χ4n) is 13.2. The van der Waals surface area contributed by atoms with Gasteiger partial charge < -0.3 is 0 Å². The molecule has 6 aromatic carbocycles. The summed E-state index contributed by atoms with van der Waals surface area (Å²) in [7, 11) is -10.9. The number of H-pyrrole nitrogens is 2. The molecule has 0 amide bonds. The van der Waals surface area contributed by atoms with Crippen molar-refractivity contribution < 1.29 is 34.0 Å². The van der Waals surface area contributed by atoms with Gasteiger partial charge in [-0.05, 0) is 159 Å². The van der Waals surface area contributed by atoms with Crippen LogP contribution in [-0.2, 0) is 66.6 Å². The number of hydrogen-bond acceptors (Lipinski definition) is 12. The zero-order chi connectivity index (χ0) is 71.3. The summed E-state index contributed by atoms with van der Waals surface area (Å²) in [4.78, 5) is 0. The first-order valence-corrected chi connectivity index (χ1v) is 42.7. The average molecular weight is 1540 g/mol. The summed E-state index contributed by atoms with van der Waals surface area (Å²) in [6.07, 6.45) is 12.7. The maximum absolute atomic E-state index is 13.5. The van der Waals surface area contributed by atoms with Crippen molar-refractivity contribution in [3.63, 3.8) is 0 Å². The van der Waals surface area contributed by atoms with Crippen molar-refractivity contribution in [3.05, 3.63) is 273 Å². The SMILES string of the molecule is C[C@@H](NS(=O)(=O)/C=C/c1n[nH]c2c1CSCC2Cc1cccc(F)c1)C1CCCCC1.C[C@H](NS(=O)(=O)/C=C/c1n[nH]c2c1CSCC2Cc1cccc(F)c1)c1ccccc1.C[C@H](NS(=O)(=O)/C=C/c1nn(-c2ccc(Cl)cc2Cl)c2c1CSCC2Cc1cccc(Cl)c1)c1ccccc1. The molecule has 1 aliphatic carbocycles. The maximum atomic E-state index is 13.5. The number of aromatic amines is 2. The molecule has 0 bridgehead atoms. The lowest BCUT2D eigenvalue weighted by molar-refractivity contribution is 0.303. The van der Waals surface area contributed by atoms with Gasteiger partial charge in [-0.2, -0.15) is 50.6 Å². The van der Waals surface area contributed by atoms with Crippen LogP contribution in [0.5, 0.6) is 0 Å². The van der Waals surface area contributed by atoms with Crippen LogP contribution < -0.4 is 14.2 Å². The largest absolute Gasteiger partial charge is 0.281 e. The second-order valence-corrected chi connectivity index (χ2v) is 34.9. The smallest absolute Gasteiger partial charge is 0.234 e. The van der Waals surface area contributed by atoms with Gasteiger partial charge in [0.15, 0.2) is 0 Å². The molecule has 9 aromatic rings. The number of aromatic nitrogens is 6. The van der Waals surface area contributed by atoms with Crippen molar-refractivity contribution >= 4 is 118 Å². The third-order valence-corrected chi connectivity index (χ3v) is 26.0. The first-order chi connectivity index (χ1) is 48.5. The van der Waals surface area contributed by atoms with E-state index in [1.165, 1.54) is 47.6 Å². The van der Waals surface area contributed by atoms with Crippen LogP contribution in [0, 0.1) is 17.6 Å². The minimum Gasteiger partial charge on any atom is -0.281 e. The van der Waals surface area contributed by atoms with Crippen LogP contribution >= 0.6 is 70.1 Å². The highest BCUT2D eigenvalue weighted by atomic mass is 35.5. The Bertz CT molecular complexity index is 4770. The Labute approximate surface area is 619 Å². The third kappa shape index (κ3) is 21.0. The van der Waals surface area contributed by atoms with Gasteiger partial charge in [0.1, 0.15) is 11.6 Å². The lowest BCUT2D eigenvalue weighted by atomic mass is 9.85. The Kier molecular flexibility index (Phi) is 26.3. The van der Waals surface area contributed by atoms with Gasteiger partial charge >= 0.3 is 0 Å². The summed E-state index contributed by atoms with van der Waals surface area (Å²) in [5.41, 5.74) is 13.5. The van der Waals surface area contributed by atoms with Crippen molar-refractivity contribution in [1.82, 2.24) is 44.3 Å². The molecule has 26 heteroatoms. The topological polar surface area (TPSA) is 214 Å². The minimum atomic E-state index is -3.73. The Morgan fingerprint density at radius 1 is 0.515 bits per heavy atom. The Morgan fingerprint density at radius 2 is 0.960 bits per heavy atom. The summed E-state index contributed by atoms with van der Waals surface area (Å²) in [5.74, 6) is 5.42.